The number of rotatable bonds is 4. The van der Waals surface area contributed by atoms with E-state index in [0.717, 1.165) is 67.9 Å². The summed E-state index contributed by atoms with van der Waals surface area (Å²) < 4.78 is 13.6. The van der Waals surface area contributed by atoms with Gasteiger partial charge in [-0.2, -0.15) is 0 Å². The van der Waals surface area contributed by atoms with Gasteiger partial charge in [-0.05, 0) is 149 Å². The quantitative estimate of drug-likeness (QED) is 0.175. The lowest BCUT2D eigenvalue weighted by Gasteiger charge is -2.39. The van der Waals surface area contributed by atoms with Crippen molar-refractivity contribution in [3.8, 4) is 78.6 Å². The van der Waals surface area contributed by atoms with Gasteiger partial charge in [0.05, 0.1) is 21.9 Å². The zero-order valence-corrected chi connectivity index (χ0v) is 45.6. The van der Waals surface area contributed by atoms with Crippen LogP contribution in [0.5, 0.6) is 23.0 Å². The molecule has 3 nitrogen and oxygen atoms in total. The normalized spacial score (nSPS) is 14.9. The lowest BCUT2D eigenvalue weighted by atomic mass is 9.66. The first-order chi connectivity index (χ1) is 41.7. The highest BCUT2D eigenvalue weighted by molar-refractivity contribution is 6.03. The van der Waals surface area contributed by atoms with Crippen LogP contribution in [0.15, 0.2) is 297 Å². The Morgan fingerprint density at radius 3 is 1.06 bits per heavy atom. The third-order valence-electron chi connectivity index (χ3n) is 19.6. The van der Waals surface area contributed by atoms with Crippen molar-refractivity contribution in [1.82, 2.24) is 0 Å². The zero-order chi connectivity index (χ0) is 54.9. The molecule has 0 atom stereocenters. The minimum atomic E-state index is -0.664. The van der Waals surface area contributed by atoms with Crippen LogP contribution in [0.25, 0.3) is 55.6 Å². The second kappa shape index (κ2) is 16.7. The summed E-state index contributed by atoms with van der Waals surface area (Å²) in [4.78, 5) is 2.57. The van der Waals surface area contributed by atoms with Crippen molar-refractivity contribution in [3.05, 3.63) is 364 Å². The third kappa shape index (κ3) is 5.57. The molecule has 13 aromatic rings. The van der Waals surface area contributed by atoms with Crippen molar-refractivity contribution in [3.63, 3.8) is 0 Å². The van der Waals surface area contributed by atoms with Gasteiger partial charge in [-0.1, -0.05) is 243 Å². The number of hydrogen-bond donors (Lipinski definition) is 0. The molecule has 19 rings (SSSR count). The molecule has 0 unspecified atom stereocenters. The van der Waals surface area contributed by atoms with E-state index < -0.39 is 16.2 Å². The number of hydrogen-bond acceptors (Lipinski definition) is 3. The number of anilines is 3. The highest BCUT2D eigenvalue weighted by Crippen LogP contribution is 2.68. The molecule has 2 heterocycles. The second-order valence-corrected chi connectivity index (χ2v) is 23.2. The SMILES string of the molecule is c1cc(-c2cccc3c2-c2ccccc2C32c3ccccc3Oc3ccccc32)cc(N(c2ccc3c(c2)C2(c4ccccc4Oc4ccccc42)c2ccccc2-3)c2cccc3c2-c2ccccc2C32c3ccccc3-c3ccccc32)c1. The van der Waals surface area contributed by atoms with Gasteiger partial charge in [0.15, 0.2) is 0 Å². The van der Waals surface area contributed by atoms with Crippen LogP contribution in [0.4, 0.5) is 17.1 Å². The van der Waals surface area contributed by atoms with E-state index in [2.05, 4.69) is 302 Å². The van der Waals surface area contributed by atoms with Crippen LogP contribution in [0.1, 0.15) is 66.8 Å². The Kier molecular flexibility index (Phi) is 9.13. The molecule has 3 heteroatoms. The topological polar surface area (TPSA) is 21.7 Å². The molecule has 84 heavy (non-hydrogen) atoms. The monoisotopic (exact) mass is 1070 g/mol. The van der Waals surface area contributed by atoms with Crippen molar-refractivity contribution in [2.45, 2.75) is 16.2 Å². The number of ether oxygens (including phenoxy) is 2. The molecular weight excluding hydrogens is 1020 g/mol. The van der Waals surface area contributed by atoms with Crippen molar-refractivity contribution in [2.24, 2.45) is 0 Å². The summed E-state index contributed by atoms with van der Waals surface area (Å²) in [6, 6.07) is 111. The fourth-order valence-corrected chi connectivity index (χ4v) is 16.7. The predicted molar refractivity (Wildman–Crippen MR) is 338 cm³/mol. The fraction of sp³-hybridized carbons (Fsp3) is 0.0370. The highest BCUT2D eigenvalue weighted by atomic mass is 16.5. The minimum absolute atomic E-state index is 0.531. The molecule has 0 bridgehead atoms. The van der Waals surface area contributed by atoms with Gasteiger partial charge in [0.2, 0.25) is 0 Å². The van der Waals surface area contributed by atoms with Gasteiger partial charge in [0, 0.05) is 39.2 Å². The molecule has 6 aliphatic rings. The van der Waals surface area contributed by atoms with E-state index in [0.29, 0.717) is 0 Å². The minimum Gasteiger partial charge on any atom is -0.457 e. The first-order valence-corrected chi connectivity index (χ1v) is 29.2. The average molecular weight is 1070 g/mol. The van der Waals surface area contributed by atoms with E-state index in [-0.39, 0.29) is 0 Å². The first-order valence-electron chi connectivity index (χ1n) is 29.2. The van der Waals surface area contributed by atoms with E-state index in [1.165, 1.54) is 94.6 Å². The Morgan fingerprint density at radius 2 is 0.548 bits per heavy atom. The first kappa shape index (κ1) is 45.9. The van der Waals surface area contributed by atoms with Gasteiger partial charge in [-0.3, -0.25) is 0 Å². The van der Waals surface area contributed by atoms with E-state index in [1.807, 2.05) is 0 Å². The molecule has 0 saturated carbocycles. The maximum atomic E-state index is 6.85. The standard InChI is InChI=1S/C81H49NO2/c1-6-30-60-54(24-1)55-25-2-7-31-61(55)79(60)64-34-10-5-28-59(64)78-70(79)40-21-41-72(78)82(52-46-47-57-56-26-3-8-32-62(56)81(71(57)49-52)67-37-13-17-44-75(67)84-76-45-18-14-38-68(76)81)51-23-19-22-50(48-51)53-29-20-39-69-77(53)58-27-4-9-33-63(58)80(69)65-35-11-15-42-73(65)83-74-43-16-12-36-66(74)80/h1-49H. The molecule has 390 valence electrons. The van der Waals surface area contributed by atoms with Crippen LogP contribution in [-0.2, 0) is 16.2 Å². The number of benzene rings is 13. The van der Waals surface area contributed by atoms with Crippen molar-refractivity contribution >= 4 is 17.1 Å². The summed E-state index contributed by atoms with van der Waals surface area (Å²) in [7, 11) is 0. The van der Waals surface area contributed by atoms with E-state index >= 15 is 0 Å². The van der Waals surface area contributed by atoms with Crippen LogP contribution in [0, 0.1) is 0 Å². The van der Waals surface area contributed by atoms with E-state index in [1.54, 1.807) is 0 Å². The van der Waals surface area contributed by atoms with Crippen LogP contribution in [0.3, 0.4) is 0 Å². The van der Waals surface area contributed by atoms with Crippen LogP contribution in [0.2, 0.25) is 0 Å². The molecule has 0 amide bonds. The van der Waals surface area contributed by atoms with Gasteiger partial charge in [0.25, 0.3) is 0 Å². The van der Waals surface area contributed by atoms with Gasteiger partial charge in [-0.15, -0.1) is 0 Å². The average Bonchev–Trinajstić information content (AvgIpc) is 1.61. The molecule has 0 fully saturated rings. The molecule has 13 aromatic carbocycles. The Bertz CT molecular complexity index is 4890. The second-order valence-electron chi connectivity index (χ2n) is 23.2. The molecular formula is C81H49NO2. The summed E-state index contributed by atoms with van der Waals surface area (Å²) in [5, 5.41) is 0. The summed E-state index contributed by atoms with van der Waals surface area (Å²) in [5.41, 5.74) is 28.6. The maximum Gasteiger partial charge on any atom is 0.132 e. The van der Waals surface area contributed by atoms with Crippen LogP contribution >= 0.6 is 0 Å². The Hall–Kier alpha value is -10.7. The Labute approximate surface area is 487 Å². The maximum absolute atomic E-state index is 6.85. The molecule has 2 aliphatic heterocycles. The number of para-hydroxylation sites is 4. The lowest BCUT2D eigenvalue weighted by molar-refractivity contribution is 0.436. The molecule has 4 aliphatic carbocycles. The van der Waals surface area contributed by atoms with Crippen molar-refractivity contribution < 1.29 is 9.47 Å². The van der Waals surface area contributed by atoms with Gasteiger partial charge in [0.1, 0.15) is 23.0 Å². The van der Waals surface area contributed by atoms with Gasteiger partial charge >= 0.3 is 0 Å². The summed E-state index contributed by atoms with van der Waals surface area (Å²) in [6.45, 7) is 0. The van der Waals surface area contributed by atoms with E-state index in [9.17, 15) is 0 Å². The van der Waals surface area contributed by atoms with Crippen molar-refractivity contribution in [2.75, 3.05) is 4.90 Å². The van der Waals surface area contributed by atoms with Crippen LogP contribution in [-0.4, -0.2) is 0 Å². The molecule has 3 spiro atoms. The smallest absolute Gasteiger partial charge is 0.132 e. The van der Waals surface area contributed by atoms with E-state index in [4.69, 9.17) is 9.47 Å². The molecule has 0 saturated heterocycles. The summed E-state index contributed by atoms with van der Waals surface area (Å²) in [5.74, 6) is 3.52. The highest BCUT2D eigenvalue weighted by Gasteiger charge is 2.55. The largest absolute Gasteiger partial charge is 0.457 e. The molecule has 0 radical (unpaired) electrons. The van der Waals surface area contributed by atoms with Gasteiger partial charge < -0.3 is 14.4 Å². The van der Waals surface area contributed by atoms with Crippen molar-refractivity contribution in [1.29, 1.82) is 0 Å². The number of fused-ring (bicyclic) bond motifs is 28. The molecule has 0 aromatic heterocycles. The van der Waals surface area contributed by atoms with Gasteiger partial charge in [-0.25, -0.2) is 0 Å². The lowest BCUT2D eigenvalue weighted by Crippen LogP contribution is -2.32. The Balaban J connectivity index is 0.890. The molecule has 0 N–H and O–H groups in total. The number of nitrogens with zero attached hydrogens (tertiary/aromatic N) is 1. The summed E-state index contributed by atoms with van der Waals surface area (Å²) >= 11 is 0. The van der Waals surface area contributed by atoms with Crippen LogP contribution < -0.4 is 14.4 Å². The predicted octanol–water partition coefficient (Wildman–Crippen LogP) is 20.1. The summed E-state index contributed by atoms with van der Waals surface area (Å²) in [6.07, 6.45) is 0. The fourth-order valence-electron chi connectivity index (χ4n) is 16.7. The Morgan fingerprint density at radius 1 is 0.214 bits per heavy atom. The zero-order valence-electron chi connectivity index (χ0n) is 45.6. The third-order valence-corrected chi connectivity index (χ3v) is 19.6.